The topological polar surface area (TPSA) is 29.3 Å². The highest BCUT2D eigenvalue weighted by Crippen LogP contribution is 2.21. The molecule has 0 radical (unpaired) electrons. The van der Waals surface area contributed by atoms with Gasteiger partial charge in [0.25, 0.3) is 0 Å². The lowest BCUT2D eigenvalue weighted by Crippen LogP contribution is -2.39. The van der Waals surface area contributed by atoms with Gasteiger partial charge < -0.3 is 10.6 Å². The van der Waals surface area contributed by atoms with Crippen molar-refractivity contribution in [2.75, 3.05) is 13.6 Å². The fraction of sp³-hybridized carbons (Fsp3) is 0.625. The summed E-state index contributed by atoms with van der Waals surface area (Å²) in [6, 6.07) is 6.50. The quantitative estimate of drug-likeness (QED) is 0.906. The van der Waals surface area contributed by atoms with Gasteiger partial charge in [-0.2, -0.15) is 0 Å². The Bertz CT molecular complexity index is 411. The van der Waals surface area contributed by atoms with E-state index in [1.54, 1.807) is 6.07 Å². The molecule has 2 N–H and O–H groups in total. The first-order chi connectivity index (χ1) is 9.06. The van der Waals surface area contributed by atoms with Gasteiger partial charge in [-0.05, 0) is 63.3 Å². The van der Waals surface area contributed by atoms with Crippen LogP contribution >= 0.6 is 0 Å². The van der Waals surface area contributed by atoms with Crippen LogP contribution in [0.3, 0.4) is 0 Å². The summed E-state index contributed by atoms with van der Waals surface area (Å²) >= 11 is 0. The maximum atomic E-state index is 13.2. The predicted octanol–water partition coefficient (Wildman–Crippen LogP) is 2.88. The van der Waals surface area contributed by atoms with Gasteiger partial charge in [0, 0.05) is 18.6 Å². The lowest BCUT2D eigenvalue weighted by Gasteiger charge is -2.33. The number of halogens is 1. The highest BCUT2D eigenvalue weighted by molar-refractivity contribution is 5.24. The van der Waals surface area contributed by atoms with Gasteiger partial charge in [0.15, 0.2) is 0 Å². The van der Waals surface area contributed by atoms with Crippen molar-refractivity contribution in [3.8, 4) is 0 Å². The SMILES string of the molecule is Cc1cc(CCN(C)C2CCC(N)CC2)ccc1F. The Balaban J connectivity index is 1.82. The van der Waals surface area contributed by atoms with Gasteiger partial charge in [0.2, 0.25) is 0 Å². The van der Waals surface area contributed by atoms with Gasteiger partial charge in [-0.15, -0.1) is 0 Å². The van der Waals surface area contributed by atoms with E-state index in [9.17, 15) is 4.39 Å². The van der Waals surface area contributed by atoms with Crippen molar-refractivity contribution < 1.29 is 4.39 Å². The molecule has 1 aromatic carbocycles. The van der Waals surface area contributed by atoms with E-state index in [1.807, 2.05) is 19.1 Å². The van der Waals surface area contributed by atoms with Crippen LogP contribution in [0, 0.1) is 12.7 Å². The number of likely N-dealkylation sites (N-methyl/N-ethyl adjacent to an activating group) is 1. The van der Waals surface area contributed by atoms with Gasteiger partial charge in [-0.1, -0.05) is 12.1 Å². The van der Waals surface area contributed by atoms with Crippen LogP contribution in [0.5, 0.6) is 0 Å². The van der Waals surface area contributed by atoms with Gasteiger partial charge >= 0.3 is 0 Å². The Labute approximate surface area is 115 Å². The molecule has 0 bridgehead atoms. The Kier molecular flexibility index (Phi) is 4.94. The molecule has 1 fully saturated rings. The third-order valence-electron chi connectivity index (χ3n) is 4.34. The second-order valence-electron chi connectivity index (χ2n) is 5.88. The molecule has 0 spiro atoms. The molecule has 0 unspecified atom stereocenters. The van der Waals surface area contributed by atoms with E-state index < -0.39 is 0 Å². The van der Waals surface area contributed by atoms with E-state index in [1.165, 1.54) is 18.4 Å². The predicted molar refractivity (Wildman–Crippen MR) is 77.7 cm³/mol. The van der Waals surface area contributed by atoms with Crippen molar-refractivity contribution in [2.24, 2.45) is 5.73 Å². The molecule has 1 aliphatic rings. The van der Waals surface area contributed by atoms with Crippen molar-refractivity contribution in [1.82, 2.24) is 4.90 Å². The normalized spacial score (nSPS) is 23.8. The number of rotatable bonds is 4. The average Bonchev–Trinajstić information content (AvgIpc) is 2.40. The van der Waals surface area contributed by atoms with Crippen LogP contribution in [0.25, 0.3) is 0 Å². The molecule has 19 heavy (non-hydrogen) atoms. The standard InChI is InChI=1S/C16H25FN2/c1-12-11-13(3-8-16(12)17)9-10-19(2)15-6-4-14(18)5-7-15/h3,8,11,14-15H,4-7,9-10,18H2,1-2H3. The van der Waals surface area contributed by atoms with Crippen molar-refractivity contribution in [2.45, 2.75) is 51.1 Å². The highest BCUT2D eigenvalue weighted by Gasteiger charge is 2.21. The molecule has 106 valence electrons. The van der Waals surface area contributed by atoms with E-state index >= 15 is 0 Å². The number of nitrogens with two attached hydrogens (primary N) is 1. The van der Waals surface area contributed by atoms with Gasteiger partial charge in [0.05, 0.1) is 0 Å². The van der Waals surface area contributed by atoms with Crippen molar-refractivity contribution >= 4 is 0 Å². The molecule has 0 heterocycles. The monoisotopic (exact) mass is 264 g/mol. The summed E-state index contributed by atoms with van der Waals surface area (Å²) in [7, 11) is 2.19. The Hall–Kier alpha value is -0.930. The Morgan fingerprint density at radius 2 is 1.95 bits per heavy atom. The first-order valence-electron chi connectivity index (χ1n) is 7.27. The molecule has 0 atom stereocenters. The molecule has 0 amide bonds. The molecule has 2 nitrogen and oxygen atoms in total. The van der Waals surface area contributed by atoms with Crippen LogP contribution < -0.4 is 5.73 Å². The fourth-order valence-electron chi connectivity index (χ4n) is 2.89. The third kappa shape index (κ3) is 4.02. The highest BCUT2D eigenvalue weighted by atomic mass is 19.1. The van der Waals surface area contributed by atoms with Crippen molar-refractivity contribution in [1.29, 1.82) is 0 Å². The molecular weight excluding hydrogens is 239 g/mol. The molecule has 1 aromatic rings. The molecule has 3 heteroatoms. The second kappa shape index (κ2) is 6.49. The van der Waals surface area contributed by atoms with Gasteiger partial charge in [0.1, 0.15) is 5.82 Å². The third-order valence-corrected chi connectivity index (χ3v) is 4.34. The van der Waals surface area contributed by atoms with Crippen molar-refractivity contribution in [3.63, 3.8) is 0 Å². The molecular formula is C16H25FN2. The minimum absolute atomic E-state index is 0.113. The number of nitrogens with zero attached hydrogens (tertiary/aromatic N) is 1. The smallest absolute Gasteiger partial charge is 0.126 e. The minimum Gasteiger partial charge on any atom is -0.328 e. The lowest BCUT2D eigenvalue weighted by molar-refractivity contribution is 0.185. The number of benzene rings is 1. The van der Waals surface area contributed by atoms with E-state index in [0.29, 0.717) is 12.1 Å². The summed E-state index contributed by atoms with van der Waals surface area (Å²) < 4.78 is 13.2. The summed E-state index contributed by atoms with van der Waals surface area (Å²) in [6.07, 6.45) is 5.69. The zero-order valence-electron chi connectivity index (χ0n) is 12.0. The van der Waals surface area contributed by atoms with Gasteiger partial charge in [-0.25, -0.2) is 4.39 Å². The second-order valence-corrected chi connectivity index (χ2v) is 5.88. The number of aryl methyl sites for hydroxylation is 1. The molecule has 0 saturated heterocycles. The summed E-state index contributed by atoms with van der Waals surface area (Å²) in [5.41, 5.74) is 7.90. The first kappa shape index (κ1) is 14.5. The fourth-order valence-corrected chi connectivity index (χ4v) is 2.89. The zero-order valence-corrected chi connectivity index (χ0v) is 12.0. The number of hydrogen-bond acceptors (Lipinski definition) is 2. The molecule has 0 aromatic heterocycles. The zero-order chi connectivity index (χ0) is 13.8. The Morgan fingerprint density at radius 3 is 2.58 bits per heavy atom. The van der Waals surface area contributed by atoms with Crippen LogP contribution in [0.15, 0.2) is 18.2 Å². The van der Waals surface area contributed by atoms with Crippen molar-refractivity contribution in [3.05, 3.63) is 35.1 Å². The van der Waals surface area contributed by atoms with Crippen LogP contribution in [0.4, 0.5) is 4.39 Å². The Morgan fingerprint density at radius 1 is 1.26 bits per heavy atom. The maximum absolute atomic E-state index is 13.2. The van der Waals surface area contributed by atoms with Crippen LogP contribution in [0.2, 0.25) is 0 Å². The average molecular weight is 264 g/mol. The van der Waals surface area contributed by atoms with E-state index in [4.69, 9.17) is 5.73 Å². The minimum atomic E-state index is -0.113. The van der Waals surface area contributed by atoms with E-state index in [2.05, 4.69) is 11.9 Å². The first-order valence-corrected chi connectivity index (χ1v) is 7.27. The van der Waals surface area contributed by atoms with Gasteiger partial charge in [-0.3, -0.25) is 0 Å². The molecule has 1 aliphatic carbocycles. The van der Waals surface area contributed by atoms with Crippen LogP contribution in [-0.2, 0) is 6.42 Å². The van der Waals surface area contributed by atoms with E-state index in [-0.39, 0.29) is 5.82 Å². The molecule has 2 rings (SSSR count). The van der Waals surface area contributed by atoms with Crippen LogP contribution in [-0.4, -0.2) is 30.6 Å². The largest absolute Gasteiger partial charge is 0.328 e. The lowest BCUT2D eigenvalue weighted by atomic mass is 9.91. The molecule has 0 aliphatic heterocycles. The van der Waals surface area contributed by atoms with E-state index in [0.717, 1.165) is 31.4 Å². The number of hydrogen-bond donors (Lipinski definition) is 1. The van der Waals surface area contributed by atoms with Crippen LogP contribution in [0.1, 0.15) is 36.8 Å². The maximum Gasteiger partial charge on any atom is 0.126 e. The summed E-state index contributed by atoms with van der Waals surface area (Å²) in [5, 5.41) is 0. The summed E-state index contributed by atoms with van der Waals surface area (Å²) in [6.45, 7) is 2.86. The summed E-state index contributed by atoms with van der Waals surface area (Å²) in [5.74, 6) is -0.113. The summed E-state index contributed by atoms with van der Waals surface area (Å²) in [4.78, 5) is 2.44. The molecule has 1 saturated carbocycles.